The van der Waals surface area contributed by atoms with E-state index in [9.17, 15) is 33.9 Å². The van der Waals surface area contributed by atoms with Crippen LogP contribution in [0.4, 0.5) is 9.59 Å². The molecule has 322 valence electrons. The molecule has 0 aromatic carbocycles. The van der Waals surface area contributed by atoms with Crippen molar-refractivity contribution in [2.45, 2.75) is 150 Å². The van der Waals surface area contributed by atoms with Crippen LogP contribution in [0.15, 0.2) is 0 Å². The van der Waals surface area contributed by atoms with Crippen molar-refractivity contribution in [3.05, 3.63) is 0 Å². The third kappa shape index (κ3) is 10.3. The number of ether oxygens (including phenoxy) is 3. The van der Waals surface area contributed by atoms with Crippen LogP contribution < -0.4 is 10.6 Å². The Morgan fingerprint density at radius 2 is 0.982 bits per heavy atom. The molecule has 8 atom stereocenters. The molecule has 2 saturated heterocycles. The molecule has 6 rings (SSSR count). The molecule has 3 N–H and O–H groups in total. The van der Waals surface area contributed by atoms with E-state index in [1.54, 1.807) is 41.5 Å². The van der Waals surface area contributed by atoms with Crippen molar-refractivity contribution in [2.75, 3.05) is 20.2 Å². The van der Waals surface area contributed by atoms with Gasteiger partial charge in [0.25, 0.3) is 0 Å². The maximum atomic E-state index is 13.5. The Bertz CT molecular complexity index is 1560. The molecule has 2 heterocycles. The number of aliphatic carboxylic acids is 1. The number of hydrogen-bond acceptors (Lipinski definition) is 9. The van der Waals surface area contributed by atoms with Crippen molar-refractivity contribution in [3.63, 3.8) is 0 Å². The maximum absolute atomic E-state index is 13.5. The first-order valence-electron chi connectivity index (χ1n) is 20.1. The van der Waals surface area contributed by atoms with Crippen LogP contribution in [-0.4, -0.2) is 115 Å². The molecule has 2 aliphatic heterocycles. The van der Waals surface area contributed by atoms with Gasteiger partial charge in [-0.25, -0.2) is 19.2 Å². The number of alkyl carbamates (subject to hydrolysis) is 2. The molecular weight excluding hydrogens is 826 g/mol. The average molecular weight is 885 g/mol. The molecule has 6 fully saturated rings. The monoisotopic (exact) mass is 882 g/mol. The zero-order valence-corrected chi connectivity index (χ0v) is 36.8. The van der Waals surface area contributed by atoms with Crippen molar-refractivity contribution in [2.24, 2.45) is 35.5 Å². The van der Waals surface area contributed by atoms with Gasteiger partial charge < -0.3 is 39.8 Å². The zero-order valence-electron chi connectivity index (χ0n) is 33.8. The van der Waals surface area contributed by atoms with Gasteiger partial charge in [0.2, 0.25) is 11.8 Å². The summed E-state index contributed by atoms with van der Waals surface area (Å²) < 4.78 is 13.5. The van der Waals surface area contributed by atoms with E-state index >= 15 is 0 Å². The second-order valence-electron chi connectivity index (χ2n) is 18.4. The number of carbonyl (C=O) groups is 6. The van der Waals surface area contributed by atoms with Gasteiger partial charge in [-0.2, -0.15) is 0 Å². The highest BCUT2D eigenvalue weighted by molar-refractivity contribution is 6.52. The first-order valence-corrected chi connectivity index (χ1v) is 21.6. The molecule has 4 amide bonds. The first-order chi connectivity index (χ1) is 26.4. The molecule has 14 nitrogen and oxygen atoms in total. The average Bonchev–Trinajstić information content (AvgIpc) is 3.58. The lowest BCUT2D eigenvalue weighted by Crippen LogP contribution is -2.57. The van der Waals surface area contributed by atoms with E-state index in [1.165, 1.54) is 16.9 Å². The Morgan fingerprint density at radius 1 is 0.632 bits per heavy atom. The molecule has 4 aliphatic carbocycles. The number of amides is 4. The second kappa shape index (κ2) is 17.3. The van der Waals surface area contributed by atoms with Crippen LogP contribution >= 0.6 is 46.4 Å². The number of methoxy groups -OCH3 is 1. The minimum absolute atomic E-state index is 0.00393. The van der Waals surface area contributed by atoms with Gasteiger partial charge in [-0.15, -0.1) is 46.4 Å². The molecule has 0 radical (unpaired) electrons. The van der Waals surface area contributed by atoms with E-state index in [0.29, 0.717) is 0 Å². The van der Waals surface area contributed by atoms with Crippen molar-refractivity contribution in [1.82, 2.24) is 20.4 Å². The van der Waals surface area contributed by atoms with Gasteiger partial charge >= 0.3 is 24.1 Å². The molecule has 57 heavy (non-hydrogen) atoms. The molecule has 0 aromatic rings. The Hall–Kier alpha value is -2.42. The van der Waals surface area contributed by atoms with Gasteiger partial charge in [0, 0.05) is 36.8 Å². The van der Waals surface area contributed by atoms with E-state index in [0.717, 1.165) is 64.2 Å². The summed E-state index contributed by atoms with van der Waals surface area (Å²) in [5.74, 6) is -3.65. The highest BCUT2D eigenvalue weighted by Gasteiger charge is 2.75. The Labute approximate surface area is 355 Å². The van der Waals surface area contributed by atoms with E-state index < -0.39 is 74.1 Å². The Kier molecular flexibility index (Phi) is 13.8. The summed E-state index contributed by atoms with van der Waals surface area (Å²) in [6.45, 7) is 11.0. The number of fused-ring (bicyclic) bond motifs is 2. The number of nitrogens with zero attached hydrogens (tertiary/aromatic N) is 2. The highest BCUT2D eigenvalue weighted by atomic mass is 35.5. The fraction of sp³-hybridized carbons (Fsp3) is 0.846. The van der Waals surface area contributed by atoms with E-state index in [1.807, 2.05) is 0 Å². The lowest BCUT2D eigenvalue weighted by molar-refractivity contribution is -0.153. The number of piperidine rings is 2. The van der Waals surface area contributed by atoms with Gasteiger partial charge in [-0.05, 0) is 79.1 Å². The molecule has 18 heteroatoms. The summed E-state index contributed by atoms with van der Waals surface area (Å²) in [4.78, 5) is 78.7. The maximum Gasteiger partial charge on any atom is 0.408 e. The summed E-state index contributed by atoms with van der Waals surface area (Å²) in [5.41, 5.74) is -1.37. The smallest absolute Gasteiger partial charge is 0.408 e. The SMILES string of the molecule is CC(C)(C)OC(=O)N[C@H](C(=O)N1C[C@H]2[C@@H]([C@H]1C(=O)O)C2(Cl)Cl)C1CCCCC1.COC(=O)[C@@H]1[C@@H]2[C@H](CN1C(=O)[C@@H](NC(=O)OC(C)(C)C)C1CCCCC1)C2(Cl)Cl. The molecular formula is C39H58Cl4N4O10. The van der Waals surface area contributed by atoms with Crippen molar-refractivity contribution < 1.29 is 48.1 Å². The Morgan fingerprint density at radius 3 is 1.32 bits per heavy atom. The number of carbonyl (C=O) groups excluding carboxylic acids is 5. The topological polar surface area (TPSA) is 181 Å². The fourth-order valence-corrected chi connectivity index (χ4v) is 10.9. The summed E-state index contributed by atoms with van der Waals surface area (Å²) in [5, 5.41) is 15.2. The van der Waals surface area contributed by atoms with Crippen LogP contribution in [0, 0.1) is 35.5 Å². The van der Waals surface area contributed by atoms with E-state index in [-0.39, 0.29) is 54.5 Å². The number of hydrogen-bond donors (Lipinski definition) is 3. The quantitative estimate of drug-likeness (QED) is 0.140. The lowest BCUT2D eigenvalue weighted by atomic mass is 9.83. The third-order valence-corrected chi connectivity index (χ3v) is 14.2. The number of halogens is 4. The van der Waals surface area contributed by atoms with Gasteiger partial charge in [-0.1, -0.05) is 38.5 Å². The number of likely N-dealkylation sites (tertiary alicyclic amines) is 2. The number of rotatable bonds is 8. The van der Waals surface area contributed by atoms with Crippen LogP contribution in [-0.2, 0) is 33.4 Å². The zero-order chi connectivity index (χ0) is 42.4. The minimum Gasteiger partial charge on any atom is -0.480 e. The number of esters is 1. The van der Waals surface area contributed by atoms with Gasteiger partial charge in [0.05, 0.1) is 7.11 Å². The van der Waals surface area contributed by atoms with Crippen LogP contribution in [0.2, 0.25) is 0 Å². The third-order valence-electron chi connectivity index (χ3n) is 12.0. The van der Waals surface area contributed by atoms with E-state index in [2.05, 4.69) is 10.6 Å². The fourth-order valence-electron chi connectivity index (χ4n) is 9.26. The molecule has 4 saturated carbocycles. The molecule has 0 bridgehead atoms. The number of carboxylic acids is 1. The molecule has 0 aromatic heterocycles. The van der Waals surface area contributed by atoms with Crippen LogP contribution in [0.5, 0.6) is 0 Å². The summed E-state index contributed by atoms with van der Waals surface area (Å²) in [6, 6.07) is -3.47. The number of nitrogens with one attached hydrogen (secondary N) is 2. The number of alkyl halides is 4. The lowest BCUT2D eigenvalue weighted by Gasteiger charge is -2.36. The first kappa shape index (κ1) is 45.7. The molecule has 0 spiro atoms. The number of carboxylic acid groups (broad SMARTS) is 1. The minimum atomic E-state index is -1.12. The predicted octanol–water partition coefficient (Wildman–Crippen LogP) is 6.44. The van der Waals surface area contributed by atoms with Gasteiger partial charge in [0.1, 0.15) is 44.0 Å². The van der Waals surface area contributed by atoms with Crippen LogP contribution in [0.1, 0.15) is 106 Å². The standard InChI is InChI=1S/C20H30Cl2N2O5.C19H28Cl2N2O5/c1-19(2,3)29-18(27)23-14(11-8-6-5-7-9-11)16(25)24-10-12-13(20(12,21)22)15(24)17(26)28-4;1-18(2,3)28-17(27)22-13(10-7-5-4-6-8-10)15(24)23-9-11-12(19(11,20)21)14(23)16(25)26/h11-15H,5-10H2,1-4H3,(H,23,27);10-14H,4-9H2,1-3H3,(H,22,27)(H,25,26)/t12-,13-,14-,15-;11-,12-,13-,14-/m00/s1. The highest BCUT2D eigenvalue weighted by Crippen LogP contribution is 2.66. The normalized spacial score (nSPS) is 29.9. The predicted molar refractivity (Wildman–Crippen MR) is 213 cm³/mol. The van der Waals surface area contributed by atoms with Crippen molar-refractivity contribution in [3.8, 4) is 0 Å². The summed E-state index contributed by atoms with van der Waals surface area (Å²) in [6.07, 6.45) is 8.15. The largest absolute Gasteiger partial charge is 0.480 e. The Balaban J connectivity index is 0.000000218. The van der Waals surface area contributed by atoms with Gasteiger partial charge in [-0.3, -0.25) is 9.59 Å². The van der Waals surface area contributed by atoms with Gasteiger partial charge in [0.15, 0.2) is 0 Å². The van der Waals surface area contributed by atoms with Crippen molar-refractivity contribution in [1.29, 1.82) is 0 Å². The van der Waals surface area contributed by atoms with Crippen molar-refractivity contribution >= 4 is 82.3 Å². The van der Waals surface area contributed by atoms with E-state index in [4.69, 9.17) is 60.6 Å². The summed E-state index contributed by atoms with van der Waals surface area (Å²) in [7, 11) is 1.28. The van der Waals surface area contributed by atoms with Crippen LogP contribution in [0.25, 0.3) is 0 Å². The molecule has 6 aliphatic rings. The van der Waals surface area contributed by atoms with Crippen LogP contribution in [0.3, 0.4) is 0 Å². The summed E-state index contributed by atoms with van der Waals surface area (Å²) >= 11 is 24.9. The second-order valence-corrected chi connectivity index (χ2v) is 21.3. The molecule has 0 unspecified atom stereocenters.